The monoisotopic (exact) mass is 340 g/mol. The third-order valence-electron chi connectivity index (χ3n) is 4.79. The molecule has 0 radical (unpaired) electrons. The summed E-state index contributed by atoms with van der Waals surface area (Å²) in [5, 5.41) is 2.86. The van der Waals surface area contributed by atoms with Crippen LogP contribution in [0.2, 0.25) is 0 Å². The summed E-state index contributed by atoms with van der Waals surface area (Å²) in [7, 11) is 0. The molecule has 1 unspecified atom stereocenters. The molecule has 0 aromatic heterocycles. The van der Waals surface area contributed by atoms with Crippen molar-refractivity contribution in [2.24, 2.45) is 0 Å². The molecule has 1 heterocycles. The lowest BCUT2D eigenvalue weighted by Gasteiger charge is -2.26. The second-order valence-corrected chi connectivity index (χ2v) is 6.75. The van der Waals surface area contributed by atoms with Crippen LogP contribution in [0.1, 0.15) is 53.7 Å². The van der Waals surface area contributed by atoms with Gasteiger partial charge in [0.05, 0.1) is 6.04 Å². The molecule has 0 saturated carbocycles. The van der Waals surface area contributed by atoms with Gasteiger partial charge in [0.1, 0.15) is 5.82 Å². The molecular weight excluding hydrogens is 315 g/mol. The first-order valence-electron chi connectivity index (χ1n) is 9.00. The van der Waals surface area contributed by atoms with Crippen molar-refractivity contribution in [3.8, 4) is 0 Å². The van der Waals surface area contributed by atoms with Gasteiger partial charge in [0.2, 0.25) is 0 Å². The van der Waals surface area contributed by atoms with Crippen molar-refractivity contribution in [3.05, 3.63) is 71.0 Å². The Balaban J connectivity index is 1.59. The molecule has 25 heavy (non-hydrogen) atoms. The van der Waals surface area contributed by atoms with Gasteiger partial charge in [0.25, 0.3) is 5.91 Å². The fourth-order valence-corrected chi connectivity index (χ4v) is 3.32. The highest BCUT2D eigenvalue weighted by Crippen LogP contribution is 2.17. The van der Waals surface area contributed by atoms with Crippen molar-refractivity contribution in [2.75, 3.05) is 13.1 Å². The Morgan fingerprint density at radius 3 is 2.44 bits per heavy atom. The van der Waals surface area contributed by atoms with Crippen LogP contribution in [0, 0.1) is 5.82 Å². The number of nitrogens with zero attached hydrogens (tertiary/aromatic N) is 1. The molecule has 3 rings (SSSR count). The van der Waals surface area contributed by atoms with Gasteiger partial charge in [-0.3, -0.25) is 9.69 Å². The molecule has 1 saturated heterocycles. The molecule has 0 aliphatic carbocycles. The minimum Gasteiger partial charge on any atom is -0.345 e. The number of likely N-dealkylation sites (tertiary alicyclic amines) is 1. The maximum Gasteiger partial charge on any atom is 0.251 e. The number of rotatable bonds is 5. The van der Waals surface area contributed by atoms with Crippen molar-refractivity contribution in [1.82, 2.24) is 10.2 Å². The molecule has 3 nitrogen and oxygen atoms in total. The lowest BCUT2D eigenvalue weighted by molar-refractivity contribution is 0.0939. The summed E-state index contributed by atoms with van der Waals surface area (Å²) in [4.78, 5) is 14.9. The van der Waals surface area contributed by atoms with Gasteiger partial charge in [-0.25, -0.2) is 4.39 Å². The number of hydrogen-bond donors (Lipinski definition) is 1. The van der Waals surface area contributed by atoms with Crippen LogP contribution in [0.3, 0.4) is 0 Å². The summed E-state index contributed by atoms with van der Waals surface area (Å²) in [5.41, 5.74) is 2.32. The number of nitrogens with one attached hydrogen (secondary N) is 1. The normalized spacial score (nSPS) is 16.4. The van der Waals surface area contributed by atoms with Gasteiger partial charge in [0, 0.05) is 17.7 Å². The topological polar surface area (TPSA) is 32.3 Å². The minimum atomic E-state index is -0.373. The second kappa shape index (κ2) is 8.26. The zero-order chi connectivity index (χ0) is 17.6. The number of carbonyl (C=O) groups excluding carboxylic acids is 1. The molecule has 1 amide bonds. The van der Waals surface area contributed by atoms with Crippen molar-refractivity contribution in [1.29, 1.82) is 0 Å². The number of halogens is 1. The Kier molecular flexibility index (Phi) is 5.82. The zero-order valence-corrected chi connectivity index (χ0v) is 14.7. The Hall–Kier alpha value is -2.20. The molecule has 132 valence electrons. The molecular formula is C21H25FN2O. The van der Waals surface area contributed by atoms with Gasteiger partial charge < -0.3 is 5.32 Å². The highest BCUT2D eigenvalue weighted by molar-refractivity contribution is 5.94. The lowest BCUT2D eigenvalue weighted by atomic mass is 10.1. The van der Waals surface area contributed by atoms with Crippen LogP contribution in [0.15, 0.2) is 48.5 Å². The number of hydrogen-bond acceptors (Lipinski definition) is 2. The standard InChI is InChI=1S/C21H25FN2O/c1-16(19-7-3-4-8-20(19)22)23-21(25)18-11-9-17(10-12-18)15-24-13-5-2-6-14-24/h3-4,7-12,16H,2,5-6,13-15H2,1H3,(H,23,25). The van der Waals surface area contributed by atoms with E-state index in [1.54, 1.807) is 25.1 Å². The summed E-state index contributed by atoms with van der Waals surface area (Å²) in [6.45, 7) is 5.04. The Bertz CT molecular complexity index is 708. The Morgan fingerprint density at radius 1 is 1.08 bits per heavy atom. The van der Waals surface area contributed by atoms with E-state index in [0.717, 1.165) is 19.6 Å². The Labute approximate surface area is 148 Å². The number of carbonyl (C=O) groups is 1. The van der Waals surface area contributed by atoms with E-state index in [9.17, 15) is 9.18 Å². The third-order valence-corrected chi connectivity index (χ3v) is 4.79. The third kappa shape index (κ3) is 4.67. The van der Waals surface area contributed by atoms with E-state index < -0.39 is 0 Å². The minimum absolute atomic E-state index is 0.180. The first-order chi connectivity index (χ1) is 12.1. The average Bonchev–Trinajstić information content (AvgIpc) is 2.63. The molecule has 1 aliphatic heterocycles. The van der Waals surface area contributed by atoms with Crippen molar-refractivity contribution in [3.63, 3.8) is 0 Å². The van der Waals surface area contributed by atoms with Gasteiger partial charge in [-0.2, -0.15) is 0 Å². The van der Waals surface area contributed by atoms with E-state index in [1.165, 1.54) is 30.9 Å². The summed E-state index contributed by atoms with van der Waals surface area (Å²) < 4.78 is 13.8. The largest absolute Gasteiger partial charge is 0.345 e. The van der Waals surface area contributed by atoms with E-state index in [0.29, 0.717) is 11.1 Å². The molecule has 2 aromatic carbocycles. The van der Waals surface area contributed by atoms with Gasteiger partial charge in [-0.15, -0.1) is 0 Å². The molecule has 4 heteroatoms. The molecule has 2 aromatic rings. The summed E-state index contributed by atoms with van der Waals surface area (Å²) in [5.74, 6) is -0.479. The predicted octanol–water partition coefficient (Wildman–Crippen LogP) is 4.30. The molecule has 0 spiro atoms. The van der Waals surface area contributed by atoms with Crippen molar-refractivity contribution < 1.29 is 9.18 Å². The van der Waals surface area contributed by atoms with Crippen LogP contribution in [-0.4, -0.2) is 23.9 Å². The first kappa shape index (κ1) is 17.6. The summed E-state index contributed by atoms with van der Waals surface area (Å²) in [6, 6.07) is 13.9. The molecule has 1 fully saturated rings. The van der Waals surface area contributed by atoms with Crippen molar-refractivity contribution in [2.45, 2.75) is 38.8 Å². The van der Waals surface area contributed by atoms with Crippen molar-refractivity contribution >= 4 is 5.91 Å². The van der Waals surface area contributed by atoms with Gasteiger partial charge in [-0.1, -0.05) is 36.8 Å². The first-order valence-corrected chi connectivity index (χ1v) is 9.00. The van der Waals surface area contributed by atoms with Gasteiger partial charge in [0.15, 0.2) is 0 Å². The molecule has 1 atom stereocenters. The van der Waals surface area contributed by atoms with Crippen LogP contribution >= 0.6 is 0 Å². The van der Waals surface area contributed by atoms with Gasteiger partial charge >= 0.3 is 0 Å². The molecule has 1 N–H and O–H groups in total. The van der Waals surface area contributed by atoms with Crippen LogP contribution in [-0.2, 0) is 6.54 Å². The maximum atomic E-state index is 13.8. The van der Waals surface area contributed by atoms with Crippen LogP contribution in [0.4, 0.5) is 4.39 Å². The van der Waals surface area contributed by atoms with E-state index in [1.807, 2.05) is 24.3 Å². The van der Waals surface area contributed by atoms with Gasteiger partial charge in [-0.05, 0) is 56.6 Å². The smallest absolute Gasteiger partial charge is 0.251 e. The highest BCUT2D eigenvalue weighted by Gasteiger charge is 2.15. The Morgan fingerprint density at radius 2 is 1.76 bits per heavy atom. The fourth-order valence-electron chi connectivity index (χ4n) is 3.32. The van der Waals surface area contributed by atoms with Crippen LogP contribution < -0.4 is 5.32 Å². The maximum absolute atomic E-state index is 13.8. The van der Waals surface area contributed by atoms with E-state index in [-0.39, 0.29) is 17.8 Å². The number of benzene rings is 2. The average molecular weight is 340 g/mol. The predicted molar refractivity (Wildman–Crippen MR) is 97.9 cm³/mol. The number of piperidine rings is 1. The zero-order valence-electron chi connectivity index (χ0n) is 14.7. The fraction of sp³-hybridized carbons (Fsp3) is 0.381. The quantitative estimate of drug-likeness (QED) is 0.880. The SMILES string of the molecule is CC(NC(=O)c1ccc(CN2CCCCC2)cc1)c1ccccc1F. The molecule has 0 bridgehead atoms. The molecule has 1 aliphatic rings. The van der Waals surface area contributed by atoms with E-state index >= 15 is 0 Å². The van der Waals surface area contributed by atoms with Crippen LogP contribution in [0.25, 0.3) is 0 Å². The lowest BCUT2D eigenvalue weighted by Crippen LogP contribution is -2.29. The summed E-state index contributed by atoms with van der Waals surface area (Å²) in [6.07, 6.45) is 3.87. The summed E-state index contributed by atoms with van der Waals surface area (Å²) >= 11 is 0. The van der Waals surface area contributed by atoms with Crippen LogP contribution in [0.5, 0.6) is 0 Å². The number of amides is 1. The van der Waals surface area contributed by atoms with E-state index in [2.05, 4.69) is 10.2 Å². The highest BCUT2D eigenvalue weighted by atomic mass is 19.1. The second-order valence-electron chi connectivity index (χ2n) is 6.75. The van der Waals surface area contributed by atoms with E-state index in [4.69, 9.17) is 0 Å².